The molecule has 3 aromatic rings. The summed E-state index contributed by atoms with van der Waals surface area (Å²) in [6.07, 6.45) is 9.23. The lowest BCUT2D eigenvalue weighted by molar-refractivity contribution is -0.914. The number of nitrogens with one attached hydrogen (secondary N) is 1. The van der Waals surface area contributed by atoms with Gasteiger partial charge >= 0.3 is 0 Å². The molecule has 1 saturated heterocycles. The van der Waals surface area contributed by atoms with Gasteiger partial charge in [-0.3, -0.25) is 4.98 Å². The van der Waals surface area contributed by atoms with Gasteiger partial charge in [-0.15, -0.1) is 11.3 Å². The van der Waals surface area contributed by atoms with Crippen LogP contribution in [0.4, 0.5) is 5.82 Å². The van der Waals surface area contributed by atoms with Crippen molar-refractivity contribution in [3.63, 3.8) is 0 Å². The van der Waals surface area contributed by atoms with Gasteiger partial charge < -0.3 is 9.80 Å². The molecule has 5 rings (SSSR count). The van der Waals surface area contributed by atoms with Crippen LogP contribution in [0.25, 0.3) is 10.2 Å². The van der Waals surface area contributed by atoms with Crippen molar-refractivity contribution >= 4 is 27.4 Å². The van der Waals surface area contributed by atoms with Crippen molar-refractivity contribution in [3.05, 3.63) is 46.9 Å². The highest BCUT2D eigenvalue weighted by Gasteiger charge is 2.27. The van der Waals surface area contributed by atoms with E-state index in [4.69, 9.17) is 4.98 Å². The predicted molar refractivity (Wildman–Crippen MR) is 109 cm³/mol. The van der Waals surface area contributed by atoms with Crippen LogP contribution < -0.4 is 9.80 Å². The van der Waals surface area contributed by atoms with Crippen LogP contribution in [0.3, 0.4) is 0 Å². The third-order valence-electron chi connectivity index (χ3n) is 6.05. The molecule has 0 saturated carbocycles. The van der Waals surface area contributed by atoms with Crippen LogP contribution >= 0.6 is 11.3 Å². The van der Waals surface area contributed by atoms with Crippen LogP contribution in [-0.2, 0) is 19.4 Å². The summed E-state index contributed by atoms with van der Waals surface area (Å²) in [7, 11) is 0. The molecular weight excluding hydrogens is 354 g/mol. The molecule has 1 aliphatic carbocycles. The van der Waals surface area contributed by atoms with E-state index < -0.39 is 0 Å². The third-order valence-corrected chi connectivity index (χ3v) is 7.21. The lowest BCUT2D eigenvalue weighted by atomic mass is 9.89. The number of nitrogens with zero attached hydrogens (tertiary/aromatic N) is 4. The number of fused-ring (bicyclic) bond motifs is 3. The Kier molecular flexibility index (Phi) is 4.53. The van der Waals surface area contributed by atoms with E-state index in [1.807, 2.05) is 23.7 Å². The Morgan fingerprint density at radius 3 is 2.81 bits per heavy atom. The molecule has 4 heterocycles. The van der Waals surface area contributed by atoms with Crippen molar-refractivity contribution in [1.29, 1.82) is 0 Å². The van der Waals surface area contributed by atoms with E-state index in [0.29, 0.717) is 0 Å². The molecule has 1 N–H and O–H groups in total. The molecule has 3 aromatic heterocycles. The third kappa shape index (κ3) is 3.32. The summed E-state index contributed by atoms with van der Waals surface area (Å²) in [5, 5.41) is 1.35. The molecule has 140 valence electrons. The average molecular weight is 381 g/mol. The molecule has 2 aliphatic rings. The van der Waals surface area contributed by atoms with Gasteiger partial charge in [0.2, 0.25) is 0 Å². The number of thiophene rings is 1. The van der Waals surface area contributed by atoms with Gasteiger partial charge in [-0.2, -0.15) is 0 Å². The standard InChI is InChI=1S/C21H25N5S/c1-15-2-3-17-18(12-15)27-21-19(17)20(23-14-24-21)26-10-8-25(9-11-26)13-16-4-6-22-7-5-16/h4-7,14-15H,2-3,8-13H2,1H3/p+1/t15-/m1/s1. The van der Waals surface area contributed by atoms with E-state index in [0.717, 1.165) is 38.6 Å². The van der Waals surface area contributed by atoms with Gasteiger partial charge in [0.05, 0.1) is 31.6 Å². The largest absolute Gasteiger partial charge is 0.345 e. The van der Waals surface area contributed by atoms with E-state index in [9.17, 15) is 0 Å². The van der Waals surface area contributed by atoms with Gasteiger partial charge in [0.15, 0.2) is 0 Å². The summed E-state index contributed by atoms with van der Waals surface area (Å²) >= 11 is 1.90. The average Bonchev–Trinajstić information content (AvgIpc) is 3.07. The monoisotopic (exact) mass is 380 g/mol. The van der Waals surface area contributed by atoms with Crippen LogP contribution in [0.15, 0.2) is 30.9 Å². The number of piperazine rings is 1. The SMILES string of the molecule is C[C@@H]1CCc2c(sc3ncnc(N4CC[NH+](Cc5ccncc5)CC4)c23)C1. The highest BCUT2D eigenvalue weighted by Crippen LogP contribution is 2.40. The molecule has 1 fully saturated rings. The minimum absolute atomic E-state index is 0.794. The Hall–Kier alpha value is -2.05. The number of rotatable bonds is 3. The van der Waals surface area contributed by atoms with Gasteiger partial charge in [-0.25, -0.2) is 9.97 Å². The maximum atomic E-state index is 4.74. The quantitative estimate of drug-likeness (QED) is 0.756. The van der Waals surface area contributed by atoms with Crippen molar-refractivity contribution in [2.45, 2.75) is 32.7 Å². The molecule has 5 nitrogen and oxygen atoms in total. The lowest BCUT2D eigenvalue weighted by Crippen LogP contribution is -3.13. The van der Waals surface area contributed by atoms with Crippen LogP contribution in [0.5, 0.6) is 0 Å². The van der Waals surface area contributed by atoms with Crippen LogP contribution in [-0.4, -0.2) is 41.1 Å². The summed E-state index contributed by atoms with van der Waals surface area (Å²) in [4.78, 5) is 20.3. The van der Waals surface area contributed by atoms with E-state index in [-0.39, 0.29) is 0 Å². The molecule has 6 heteroatoms. The predicted octanol–water partition coefficient (Wildman–Crippen LogP) is 2.12. The van der Waals surface area contributed by atoms with Crippen LogP contribution in [0.1, 0.15) is 29.3 Å². The number of hydrogen-bond donors (Lipinski definition) is 1. The second kappa shape index (κ2) is 7.17. The summed E-state index contributed by atoms with van der Waals surface area (Å²) in [6.45, 7) is 7.88. The number of pyridine rings is 1. The van der Waals surface area contributed by atoms with E-state index in [2.05, 4.69) is 33.9 Å². The second-order valence-corrected chi connectivity index (χ2v) is 9.08. The minimum atomic E-state index is 0.794. The first-order valence-corrected chi connectivity index (χ1v) is 10.8. The van der Waals surface area contributed by atoms with E-state index in [1.165, 1.54) is 46.4 Å². The Morgan fingerprint density at radius 1 is 1.19 bits per heavy atom. The van der Waals surface area contributed by atoms with Crippen LogP contribution in [0.2, 0.25) is 0 Å². The number of quaternary nitrogens is 1. The Bertz CT molecular complexity index is 930. The van der Waals surface area contributed by atoms with Crippen molar-refractivity contribution in [2.24, 2.45) is 5.92 Å². The molecule has 0 aromatic carbocycles. The Balaban J connectivity index is 1.36. The molecule has 27 heavy (non-hydrogen) atoms. The normalized spacial score (nSPS) is 20.8. The number of aromatic nitrogens is 3. The van der Waals surface area contributed by atoms with Gasteiger partial charge in [0.25, 0.3) is 0 Å². The minimum Gasteiger partial charge on any atom is -0.345 e. The second-order valence-electron chi connectivity index (χ2n) is 8.00. The van der Waals surface area contributed by atoms with Crippen molar-refractivity contribution in [1.82, 2.24) is 15.0 Å². The zero-order valence-electron chi connectivity index (χ0n) is 15.8. The number of hydrogen-bond acceptors (Lipinski definition) is 5. The maximum absolute atomic E-state index is 4.74. The molecule has 1 aliphatic heterocycles. The fraction of sp³-hybridized carbons (Fsp3) is 0.476. The lowest BCUT2D eigenvalue weighted by Gasteiger charge is -2.33. The molecule has 0 bridgehead atoms. The Labute approximate surface area is 164 Å². The zero-order chi connectivity index (χ0) is 18.2. The number of anilines is 1. The van der Waals surface area contributed by atoms with Crippen molar-refractivity contribution in [2.75, 3.05) is 31.1 Å². The summed E-state index contributed by atoms with van der Waals surface area (Å²) in [5.74, 6) is 1.97. The summed E-state index contributed by atoms with van der Waals surface area (Å²) in [6, 6.07) is 4.26. The molecule has 0 amide bonds. The van der Waals surface area contributed by atoms with Crippen molar-refractivity contribution in [3.8, 4) is 0 Å². The fourth-order valence-electron chi connectivity index (χ4n) is 4.50. The first kappa shape index (κ1) is 17.1. The molecule has 0 spiro atoms. The van der Waals surface area contributed by atoms with E-state index >= 15 is 0 Å². The zero-order valence-corrected chi connectivity index (χ0v) is 16.6. The first-order chi connectivity index (χ1) is 13.3. The van der Waals surface area contributed by atoms with Gasteiger partial charge in [-0.1, -0.05) is 6.92 Å². The maximum Gasteiger partial charge on any atom is 0.141 e. The molecule has 0 unspecified atom stereocenters. The Morgan fingerprint density at radius 2 is 2.00 bits per heavy atom. The fourth-order valence-corrected chi connectivity index (χ4v) is 5.84. The van der Waals surface area contributed by atoms with Gasteiger partial charge in [0, 0.05) is 22.8 Å². The topological polar surface area (TPSA) is 46.4 Å². The first-order valence-electron chi connectivity index (χ1n) is 10.0. The summed E-state index contributed by atoms with van der Waals surface area (Å²) in [5.41, 5.74) is 2.91. The van der Waals surface area contributed by atoms with Crippen molar-refractivity contribution < 1.29 is 4.90 Å². The van der Waals surface area contributed by atoms with Crippen LogP contribution in [0, 0.1) is 5.92 Å². The van der Waals surface area contributed by atoms with Gasteiger partial charge in [-0.05, 0) is 42.9 Å². The highest BCUT2D eigenvalue weighted by molar-refractivity contribution is 7.19. The smallest absolute Gasteiger partial charge is 0.141 e. The number of aryl methyl sites for hydroxylation is 1. The highest BCUT2D eigenvalue weighted by atomic mass is 32.1. The molecular formula is C21H26N5S+. The molecule has 0 radical (unpaired) electrons. The summed E-state index contributed by atoms with van der Waals surface area (Å²) < 4.78 is 0. The molecule has 1 atom stereocenters. The van der Waals surface area contributed by atoms with E-state index in [1.54, 1.807) is 16.1 Å². The van der Waals surface area contributed by atoms with Gasteiger partial charge in [0.1, 0.15) is 23.5 Å².